The maximum Gasteiger partial charge on any atom is 0.306 e. The number of hydrogen-bond donors (Lipinski definition) is 0. The van der Waals surface area contributed by atoms with E-state index < -0.39 is 60.5 Å². The lowest BCUT2D eigenvalue weighted by Crippen LogP contribution is -2.60. The maximum absolute atomic E-state index is 12.8. The van der Waals surface area contributed by atoms with Crippen molar-refractivity contribution in [3.63, 3.8) is 0 Å². The standard InChI is InChI=1S/C34H41N3O11/c1-18(2)25-10-9-24(27-12-8-19(3)28(27)14-25)11-13-30(42)44-16-26-15-37(36-35-26)34-33(47-23(7)41)32(46-22(6)40)31(45-21(5)39)29(48-34)17-43-20(4)38/h8-10,12,14-15,18,29,31-34H,11,13,16-17H2,1-7H3/t29-,31-,32+,33+,34-/m1/s1. The Balaban J connectivity index is 1.49. The van der Waals surface area contributed by atoms with E-state index in [1.807, 2.05) is 0 Å². The van der Waals surface area contributed by atoms with Gasteiger partial charge in [-0.15, -0.1) is 5.10 Å². The van der Waals surface area contributed by atoms with E-state index in [4.69, 9.17) is 28.4 Å². The van der Waals surface area contributed by atoms with E-state index in [0.717, 1.165) is 37.5 Å². The highest BCUT2D eigenvalue weighted by Gasteiger charge is 2.53. The highest BCUT2D eigenvalue weighted by atomic mass is 16.7. The van der Waals surface area contributed by atoms with Gasteiger partial charge in [0, 0.05) is 34.1 Å². The Hall–Kier alpha value is -4.85. The molecule has 1 aliphatic heterocycles. The lowest BCUT2D eigenvalue weighted by atomic mass is 9.97. The van der Waals surface area contributed by atoms with Gasteiger partial charge in [0.25, 0.3) is 0 Å². The Morgan fingerprint density at radius 3 is 2.15 bits per heavy atom. The van der Waals surface area contributed by atoms with E-state index in [1.165, 1.54) is 28.9 Å². The number of rotatable bonds is 12. The van der Waals surface area contributed by atoms with Gasteiger partial charge in [-0.05, 0) is 47.1 Å². The van der Waals surface area contributed by atoms with Gasteiger partial charge < -0.3 is 28.4 Å². The first-order valence-corrected chi connectivity index (χ1v) is 15.6. The molecular weight excluding hydrogens is 626 g/mol. The van der Waals surface area contributed by atoms with Crippen LogP contribution in [-0.2, 0) is 65.4 Å². The molecular formula is C34H41N3O11. The summed E-state index contributed by atoms with van der Waals surface area (Å²) in [7, 11) is 0. The van der Waals surface area contributed by atoms with Crippen molar-refractivity contribution in [3.8, 4) is 11.1 Å². The molecule has 2 aliphatic carbocycles. The van der Waals surface area contributed by atoms with Crippen LogP contribution in [0.15, 0.2) is 36.5 Å². The number of carbonyl (C=O) groups is 5. The third-order valence-corrected chi connectivity index (χ3v) is 7.78. The van der Waals surface area contributed by atoms with E-state index in [1.54, 1.807) is 0 Å². The number of nitrogens with zero attached hydrogens (tertiary/aromatic N) is 3. The first-order chi connectivity index (χ1) is 22.7. The summed E-state index contributed by atoms with van der Waals surface area (Å²) in [5.74, 6) is -2.97. The van der Waals surface area contributed by atoms with E-state index >= 15 is 0 Å². The van der Waals surface area contributed by atoms with Gasteiger partial charge in [0.15, 0.2) is 24.5 Å². The molecule has 5 atom stereocenters. The highest BCUT2D eigenvalue weighted by molar-refractivity contribution is 5.76. The first kappa shape index (κ1) is 36.0. The van der Waals surface area contributed by atoms with Crippen LogP contribution in [-0.4, -0.2) is 75.9 Å². The molecule has 258 valence electrons. The molecule has 0 aromatic carbocycles. The SMILES string of the molecule is CC(=O)OC[C@H]1O[C@@H](n2cc(COC(=O)CCc3ccc(C(C)C)cc4c(C)ccc3-4)nn2)[C@@H](OC(C)=O)[C@@H](OC(C)=O)[C@@H]1OC(C)=O. The Labute approximate surface area is 278 Å². The van der Waals surface area contributed by atoms with Gasteiger partial charge in [-0.1, -0.05) is 49.4 Å². The van der Waals surface area contributed by atoms with E-state index in [2.05, 4.69) is 61.4 Å². The lowest BCUT2D eigenvalue weighted by Gasteiger charge is -2.44. The van der Waals surface area contributed by atoms with Crippen molar-refractivity contribution in [2.24, 2.45) is 0 Å². The fraction of sp³-hybridized carbons (Fsp3) is 0.500. The minimum Gasteiger partial charge on any atom is -0.463 e. The third kappa shape index (κ3) is 9.15. The molecule has 3 aliphatic rings. The van der Waals surface area contributed by atoms with Gasteiger partial charge >= 0.3 is 29.8 Å². The summed E-state index contributed by atoms with van der Waals surface area (Å²) in [6.45, 7) is 10.3. The molecule has 0 N–H and O–H groups in total. The summed E-state index contributed by atoms with van der Waals surface area (Å²) < 4.78 is 34.2. The zero-order valence-corrected chi connectivity index (χ0v) is 28.1. The van der Waals surface area contributed by atoms with Crippen molar-refractivity contribution >= 4 is 29.8 Å². The van der Waals surface area contributed by atoms with Crippen LogP contribution >= 0.6 is 0 Å². The van der Waals surface area contributed by atoms with Gasteiger partial charge in [0.05, 0.1) is 6.20 Å². The van der Waals surface area contributed by atoms with Crippen LogP contribution < -0.4 is 0 Å². The fourth-order valence-corrected chi connectivity index (χ4v) is 5.54. The van der Waals surface area contributed by atoms with Gasteiger partial charge in [0.1, 0.15) is 25.0 Å². The summed E-state index contributed by atoms with van der Waals surface area (Å²) in [5, 5.41) is 8.13. The smallest absolute Gasteiger partial charge is 0.306 e. The third-order valence-electron chi connectivity index (χ3n) is 7.78. The van der Waals surface area contributed by atoms with Gasteiger partial charge in [0.2, 0.25) is 0 Å². The minimum absolute atomic E-state index is 0.133. The lowest BCUT2D eigenvalue weighted by molar-refractivity contribution is -0.270. The fourth-order valence-electron chi connectivity index (χ4n) is 5.54. The Kier molecular flexibility index (Phi) is 11.9. The van der Waals surface area contributed by atoms with Crippen molar-refractivity contribution in [3.05, 3.63) is 58.9 Å². The molecule has 1 aromatic rings. The molecule has 0 amide bonds. The molecule has 0 saturated carbocycles. The summed E-state index contributed by atoms with van der Waals surface area (Å²) in [5.41, 5.74) is 5.93. The normalized spacial score (nSPS) is 20.6. The van der Waals surface area contributed by atoms with Crippen LogP contribution in [0.25, 0.3) is 11.1 Å². The summed E-state index contributed by atoms with van der Waals surface area (Å²) in [6, 6.07) is 10.5. The maximum atomic E-state index is 12.8. The quantitative estimate of drug-likeness (QED) is 0.202. The Bertz CT molecular complexity index is 1620. The molecule has 1 saturated heterocycles. The second-order valence-electron chi connectivity index (χ2n) is 11.9. The molecule has 0 spiro atoms. The average molecular weight is 668 g/mol. The second kappa shape index (κ2) is 15.8. The molecule has 1 aromatic heterocycles. The Morgan fingerprint density at radius 1 is 0.833 bits per heavy atom. The monoisotopic (exact) mass is 667 g/mol. The molecule has 1 fully saturated rings. The number of aryl methyl sites for hydroxylation is 2. The van der Waals surface area contributed by atoms with Crippen molar-refractivity contribution in [2.45, 2.75) is 104 Å². The zero-order chi connectivity index (χ0) is 35.1. The summed E-state index contributed by atoms with van der Waals surface area (Å²) >= 11 is 0. The first-order valence-electron chi connectivity index (χ1n) is 15.6. The molecule has 14 heteroatoms. The van der Waals surface area contributed by atoms with Crippen LogP contribution in [0.4, 0.5) is 0 Å². The molecule has 0 bridgehead atoms. The van der Waals surface area contributed by atoms with Crippen molar-refractivity contribution < 1.29 is 52.4 Å². The predicted molar refractivity (Wildman–Crippen MR) is 167 cm³/mol. The van der Waals surface area contributed by atoms with Crippen molar-refractivity contribution in [2.75, 3.05) is 6.61 Å². The number of carbonyl (C=O) groups excluding carboxylic acids is 5. The largest absolute Gasteiger partial charge is 0.463 e. The van der Waals surface area contributed by atoms with Gasteiger partial charge in [-0.25, -0.2) is 4.68 Å². The number of fused-ring (bicyclic) bond motifs is 1. The second-order valence-corrected chi connectivity index (χ2v) is 11.9. The molecule has 0 unspecified atom stereocenters. The number of hydrogen-bond acceptors (Lipinski definition) is 13. The van der Waals surface area contributed by atoms with Crippen molar-refractivity contribution in [1.82, 2.24) is 15.0 Å². The predicted octanol–water partition coefficient (Wildman–Crippen LogP) is 3.75. The van der Waals surface area contributed by atoms with Crippen LogP contribution in [0.2, 0.25) is 0 Å². The van der Waals surface area contributed by atoms with Crippen LogP contribution in [0.3, 0.4) is 0 Å². The average Bonchev–Trinajstić information content (AvgIpc) is 3.56. The Morgan fingerprint density at radius 2 is 1.50 bits per heavy atom. The topological polar surface area (TPSA) is 171 Å². The van der Waals surface area contributed by atoms with Crippen LogP contribution in [0.1, 0.15) is 82.5 Å². The van der Waals surface area contributed by atoms with Gasteiger partial charge in [-0.2, -0.15) is 0 Å². The zero-order valence-electron chi connectivity index (χ0n) is 28.1. The number of ether oxygens (including phenoxy) is 6. The summed E-state index contributed by atoms with van der Waals surface area (Å²) in [6.07, 6.45) is -4.44. The summed E-state index contributed by atoms with van der Waals surface area (Å²) in [4.78, 5) is 60.6. The highest BCUT2D eigenvalue weighted by Crippen LogP contribution is 2.35. The molecule has 14 nitrogen and oxygen atoms in total. The molecule has 0 radical (unpaired) electrons. The van der Waals surface area contributed by atoms with Crippen molar-refractivity contribution in [1.29, 1.82) is 0 Å². The molecule has 4 rings (SSSR count). The van der Waals surface area contributed by atoms with Crippen LogP contribution in [0, 0.1) is 6.92 Å². The molecule has 2 heterocycles. The van der Waals surface area contributed by atoms with E-state index in [-0.39, 0.29) is 25.3 Å². The van der Waals surface area contributed by atoms with E-state index in [0.29, 0.717) is 12.3 Å². The molecule has 48 heavy (non-hydrogen) atoms. The number of aromatic nitrogens is 3. The van der Waals surface area contributed by atoms with Crippen LogP contribution in [0.5, 0.6) is 0 Å². The minimum atomic E-state index is -1.37. The van der Waals surface area contributed by atoms with Gasteiger partial charge in [-0.3, -0.25) is 24.0 Å². The van der Waals surface area contributed by atoms with E-state index in [9.17, 15) is 24.0 Å². The number of esters is 5.